The molecule has 2 fully saturated rings. The number of hydrogen-bond donors (Lipinski definition) is 5. The lowest BCUT2D eigenvalue weighted by molar-refractivity contribution is -0.138. The van der Waals surface area contributed by atoms with E-state index in [-0.39, 0.29) is 30.4 Å². The molecular formula is C23H29FN4O6. The van der Waals surface area contributed by atoms with E-state index in [4.69, 9.17) is 0 Å². The first-order chi connectivity index (χ1) is 16.3. The summed E-state index contributed by atoms with van der Waals surface area (Å²) in [6.45, 7) is -0.269. The topological polar surface area (TPSA) is 154 Å². The predicted molar refractivity (Wildman–Crippen MR) is 119 cm³/mol. The Morgan fingerprint density at radius 2 is 1.76 bits per heavy atom. The minimum atomic E-state index is -1.14. The van der Waals surface area contributed by atoms with Crippen LogP contribution in [0.1, 0.15) is 38.5 Å². The molecular weight excluding hydrogens is 447 g/mol. The van der Waals surface area contributed by atoms with Crippen molar-refractivity contribution in [3.63, 3.8) is 0 Å². The zero-order valence-corrected chi connectivity index (χ0v) is 18.6. The number of aliphatic hydroxyl groups is 1. The molecule has 4 amide bonds. The molecule has 0 aromatic heterocycles. The standard InChI is InChI=1S/C23H29FN4O6/c24-15-5-1-2-6-16(15)26-22(33)23(34)28-18(10-13-7-8-13)21(32)27-17(19(30)12-29)11-14-4-3-9-25-20(14)31/h1-2,5-6,13-14,17-18,29H,3-4,7-12H2,(H,25,31)(H,26,33)(H,27,32)(H,28,34)/t14?,17-,18-/m0/s1. The molecule has 1 unspecified atom stereocenters. The summed E-state index contributed by atoms with van der Waals surface area (Å²) in [5.74, 6) is -4.85. The van der Waals surface area contributed by atoms with Crippen LogP contribution < -0.4 is 21.3 Å². The maximum absolute atomic E-state index is 13.8. The molecule has 2 aliphatic rings. The molecule has 34 heavy (non-hydrogen) atoms. The van der Waals surface area contributed by atoms with E-state index in [1.807, 2.05) is 0 Å². The first-order valence-electron chi connectivity index (χ1n) is 11.4. The number of anilines is 1. The van der Waals surface area contributed by atoms with Crippen molar-refractivity contribution < 1.29 is 33.5 Å². The van der Waals surface area contributed by atoms with Gasteiger partial charge in [-0.25, -0.2) is 4.39 Å². The van der Waals surface area contributed by atoms with Crippen LogP contribution in [-0.4, -0.2) is 59.8 Å². The van der Waals surface area contributed by atoms with E-state index in [2.05, 4.69) is 21.3 Å². The fraction of sp³-hybridized carbons (Fsp3) is 0.522. The third-order valence-corrected chi connectivity index (χ3v) is 6.00. The molecule has 10 nitrogen and oxygen atoms in total. The molecule has 184 valence electrons. The van der Waals surface area contributed by atoms with Crippen molar-refractivity contribution in [1.82, 2.24) is 16.0 Å². The highest BCUT2D eigenvalue weighted by atomic mass is 19.1. The van der Waals surface area contributed by atoms with E-state index in [9.17, 15) is 33.5 Å². The zero-order valence-electron chi connectivity index (χ0n) is 18.6. The van der Waals surface area contributed by atoms with Gasteiger partial charge in [-0.3, -0.25) is 24.0 Å². The van der Waals surface area contributed by atoms with Gasteiger partial charge in [0.05, 0.1) is 11.7 Å². The fourth-order valence-corrected chi connectivity index (χ4v) is 3.88. The van der Waals surface area contributed by atoms with Crippen LogP contribution in [0.5, 0.6) is 0 Å². The van der Waals surface area contributed by atoms with E-state index in [0.29, 0.717) is 13.0 Å². The van der Waals surface area contributed by atoms with Gasteiger partial charge in [0.2, 0.25) is 11.8 Å². The summed E-state index contributed by atoms with van der Waals surface area (Å²) in [5, 5.41) is 19.1. The number of rotatable bonds is 10. The third-order valence-electron chi connectivity index (χ3n) is 6.00. The maximum atomic E-state index is 13.8. The summed E-state index contributed by atoms with van der Waals surface area (Å²) < 4.78 is 13.8. The quantitative estimate of drug-likeness (QED) is 0.300. The van der Waals surface area contributed by atoms with Crippen molar-refractivity contribution in [1.29, 1.82) is 0 Å². The molecule has 3 atom stereocenters. The maximum Gasteiger partial charge on any atom is 0.313 e. The van der Waals surface area contributed by atoms with Gasteiger partial charge in [0.1, 0.15) is 18.5 Å². The summed E-state index contributed by atoms with van der Waals surface area (Å²) in [4.78, 5) is 62.0. The van der Waals surface area contributed by atoms with Crippen LogP contribution in [0.25, 0.3) is 0 Å². The van der Waals surface area contributed by atoms with Crippen LogP contribution in [0.15, 0.2) is 24.3 Å². The van der Waals surface area contributed by atoms with Crippen molar-refractivity contribution in [3.8, 4) is 0 Å². The first kappa shape index (κ1) is 25.3. The second-order valence-electron chi connectivity index (χ2n) is 8.69. The number of aliphatic hydroxyl groups excluding tert-OH is 1. The van der Waals surface area contributed by atoms with Gasteiger partial charge >= 0.3 is 11.8 Å². The molecule has 1 heterocycles. The average molecular weight is 477 g/mol. The molecule has 1 aromatic carbocycles. The minimum absolute atomic E-state index is 0.0227. The van der Waals surface area contributed by atoms with E-state index in [0.717, 1.165) is 25.3 Å². The van der Waals surface area contributed by atoms with Gasteiger partial charge in [-0.2, -0.15) is 0 Å². The van der Waals surface area contributed by atoms with Gasteiger partial charge in [-0.1, -0.05) is 25.0 Å². The normalized spacial score (nSPS) is 19.4. The largest absolute Gasteiger partial charge is 0.389 e. The Kier molecular flexibility index (Phi) is 8.69. The third kappa shape index (κ3) is 7.08. The van der Waals surface area contributed by atoms with Crippen molar-refractivity contribution in [2.45, 2.75) is 50.6 Å². The molecule has 0 radical (unpaired) electrons. The smallest absolute Gasteiger partial charge is 0.313 e. The molecule has 1 aromatic rings. The van der Waals surface area contributed by atoms with Gasteiger partial charge < -0.3 is 26.4 Å². The van der Waals surface area contributed by atoms with Gasteiger partial charge in [0.15, 0.2) is 5.78 Å². The summed E-state index contributed by atoms with van der Waals surface area (Å²) in [5.41, 5.74) is -0.176. The van der Waals surface area contributed by atoms with E-state index >= 15 is 0 Å². The molecule has 1 aliphatic heterocycles. The number of carbonyl (C=O) groups excluding carboxylic acids is 5. The van der Waals surface area contributed by atoms with Crippen molar-refractivity contribution in [2.75, 3.05) is 18.5 Å². The molecule has 0 spiro atoms. The predicted octanol–water partition coefficient (Wildman–Crippen LogP) is 0.0116. The Morgan fingerprint density at radius 1 is 1.03 bits per heavy atom. The first-order valence-corrected chi connectivity index (χ1v) is 11.4. The van der Waals surface area contributed by atoms with Crippen LogP contribution in [0, 0.1) is 17.7 Å². The zero-order chi connectivity index (χ0) is 24.7. The van der Waals surface area contributed by atoms with Gasteiger partial charge in [-0.15, -0.1) is 0 Å². The van der Waals surface area contributed by atoms with E-state index in [1.165, 1.54) is 18.2 Å². The highest BCUT2D eigenvalue weighted by Gasteiger charge is 2.35. The van der Waals surface area contributed by atoms with Crippen LogP contribution in [0.3, 0.4) is 0 Å². The number of hydrogen-bond acceptors (Lipinski definition) is 6. The molecule has 3 rings (SSSR count). The van der Waals surface area contributed by atoms with Crippen molar-refractivity contribution in [2.24, 2.45) is 11.8 Å². The van der Waals surface area contributed by atoms with Crippen LogP contribution in [-0.2, 0) is 24.0 Å². The highest BCUT2D eigenvalue weighted by molar-refractivity contribution is 6.40. The number of benzene rings is 1. The summed E-state index contributed by atoms with van der Waals surface area (Å²) in [6.07, 6.45) is 3.30. The molecule has 5 N–H and O–H groups in total. The number of Topliss-reactive ketones (excluding diaryl/α,β-unsaturated/α-hetero) is 1. The number of ketones is 1. The van der Waals surface area contributed by atoms with Crippen molar-refractivity contribution in [3.05, 3.63) is 30.1 Å². The Balaban J connectivity index is 1.65. The van der Waals surface area contributed by atoms with Crippen molar-refractivity contribution >= 4 is 35.1 Å². The Labute approximate surface area is 196 Å². The van der Waals surface area contributed by atoms with E-state index in [1.54, 1.807) is 0 Å². The number of nitrogens with one attached hydrogen (secondary N) is 4. The second-order valence-corrected chi connectivity index (χ2v) is 8.69. The molecule has 1 saturated heterocycles. The lowest BCUT2D eigenvalue weighted by Gasteiger charge is -2.27. The SMILES string of the molecule is O=C(Nc1ccccc1F)C(=O)N[C@@H](CC1CC1)C(=O)N[C@@H](CC1CCCNC1=O)C(=O)CO. The monoisotopic (exact) mass is 476 g/mol. The second kappa shape index (κ2) is 11.7. The summed E-state index contributed by atoms with van der Waals surface area (Å²) in [6, 6.07) is 3.12. The Hall–Kier alpha value is -3.34. The molecule has 0 bridgehead atoms. The molecule has 1 saturated carbocycles. The lowest BCUT2D eigenvalue weighted by atomic mass is 9.90. The Bertz CT molecular complexity index is 951. The number of halogens is 1. The fourth-order valence-electron chi connectivity index (χ4n) is 3.88. The van der Waals surface area contributed by atoms with Gasteiger partial charge in [0, 0.05) is 12.5 Å². The van der Waals surface area contributed by atoms with Gasteiger partial charge in [-0.05, 0) is 43.7 Å². The van der Waals surface area contributed by atoms with Crippen LogP contribution in [0.4, 0.5) is 10.1 Å². The number of carbonyl (C=O) groups is 5. The average Bonchev–Trinajstić information content (AvgIpc) is 3.64. The lowest BCUT2D eigenvalue weighted by Crippen LogP contribution is -2.54. The number of para-hydroxylation sites is 1. The molecule has 1 aliphatic carbocycles. The number of amides is 4. The number of piperidine rings is 1. The van der Waals surface area contributed by atoms with Crippen LogP contribution >= 0.6 is 0 Å². The Morgan fingerprint density at radius 3 is 2.41 bits per heavy atom. The van der Waals surface area contributed by atoms with Gasteiger partial charge in [0.25, 0.3) is 0 Å². The highest BCUT2D eigenvalue weighted by Crippen LogP contribution is 2.33. The van der Waals surface area contributed by atoms with Crippen LogP contribution in [0.2, 0.25) is 0 Å². The molecule has 11 heteroatoms. The summed E-state index contributed by atoms with van der Waals surface area (Å²) in [7, 11) is 0. The van der Waals surface area contributed by atoms with E-state index < -0.39 is 53.9 Å². The summed E-state index contributed by atoms with van der Waals surface area (Å²) >= 11 is 0. The minimum Gasteiger partial charge on any atom is -0.389 e.